The van der Waals surface area contributed by atoms with Crippen LogP contribution in [0.5, 0.6) is 0 Å². The van der Waals surface area contributed by atoms with Crippen molar-refractivity contribution in [3.63, 3.8) is 0 Å². The highest BCUT2D eigenvalue weighted by Crippen LogP contribution is 2.34. The van der Waals surface area contributed by atoms with Gasteiger partial charge in [0.2, 0.25) is 0 Å². The molecule has 2 saturated carbocycles. The summed E-state index contributed by atoms with van der Waals surface area (Å²) < 4.78 is 0. The molecule has 0 bridgehead atoms. The number of hydrogen-bond donors (Lipinski definition) is 1. The molecular formula is C14H28N2. The largest absolute Gasteiger partial charge is 0.324 e. The Balaban J connectivity index is 1.89. The molecule has 94 valence electrons. The van der Waals surface area contributed by atoms with Crippen LogP contribution in [0.15, 0.2) is 0 Å². The molecule has 0 saturated heterocycles. The highest BCUT2D eigenvalue weighted by molar-refractivity contribution is 4.96. The zero-order chi connectivity index (χ0) is 11.6. The normalized spacial score (nSPS) is 35.6. The average molecular weight is 224 g/mol. The molecule has 0 spiro atoms. The number of nitrogens with two attached hydrogens (primary N) is 1. The molecule has 0 aromatic heterocycles. The summed E-state index contributed by atoms with van der Waals surface area (Å²) in [5, 5.41) is 0. The second-order valence-corrected chi connectivity index (χ2v) is 6.27. The van der Waals surface area contributed by atoms with E-state index in [2.05, 4.69) is 18.7 Å². The molecule has 2 nitrogen and oxygen atoms in total. The third kappa shape index (κ3) is 3.21. The van der Waals surface area contributed by atoms with Crippen molar-refractivity contribution in [3.8, 4) is 0 Å². The first-order chi connectivity index (χ1) is 7.63. The van der Waals surface area contributed by atoms with E-state index in [4.69, 9.17) is 5.73 Å². The minimum atomic E-state index is 0.120. The lowest BCUT2D eigenvalue weighted by Gasteiger charge is -2.40. The van der Waals surface area contributed by atoms with Gasteiger partial charge in [-0.15, -0.1) is 0 Å². The fourth-order valence-electron chi connectivity index (χ4n) is 3.37. The highest BCUT2D eigenvalue weighted by atomic mass is 15.2. The minimum absolute atomic E-state index is 0.120. The molecule has 0 heterocycles. The lowest BCUT2D eigenvalue weighted by Crippen LogP contribution is -2.53. The van der Waals surface area contributed by atoms with Crippen LogP contribution in [0.25, 0.3) is 0 Å². The van der Waals surface area contributed by atoms with E-state index < -0.39 is 0 Å². The van der Waals surface area contributed by atoms with Gasteiger partial charge in [-0.05, 0) is 44.6 Å². The summed E-state index contributed by atoms with van der Waals surface area (Å²) in [6, 6.07) is 0.873. The van der Waals surface area contributed by atoms with E-state index in [9.17, 15) is 0 Å². The van der Waals surface area contributed by atoms with Gasteiger partial charge in [0.05, 0.1) is 0 Å². The first kappa shape index (κ1) is 12.4. The van der Waals surface area contributed by atoms with Crippen LogP contribution in [0.1, 0.15) is 58.8 Å². The van der Waals surface area contributed by atoms with Gasteiger partial charge in [0, 0.05) is 18.1 Å². The van der Waals surface area contributed by atoms with E-state index in [1.807, 2.05) is 0 Å². The van der Waals surface area contributed by atoms with Gasteiger partial charge in [0.1, 0.15) is 0 Å². The van der Waals surface area contributed by atoms with E-state index in [1.54, 1.807) is 0 Å². The van der Waals surface area contributed by atoms with Crippen molar-refractivity contribution in [3.05, 3.63) is 0 Å². The van der Waals surface area contributed by atoms with Gasteiger partial charge >= 0.3 is 0 Å². The molecule has 2 atom stereocenters. The molecule has 2 N–H and O–H groups in total. The molecule has 2 aliphatic rings. The van der Waals surface area contributed by atoms with Crippen molar-refractivity contribution in [1.82, 2.24) is 4.90 Å². The average Bonchev–Trinajstić information content (AvgIpc) is 2.99. The zero-order valence-corrected chi connectivity index (χ0v) is 11.0. The third-order valence-electron chi connectivity index (χ3n) is 4.22. The van der Waals surface area contributed by atoms with Gasteiger partial charge in [-0.3, -0.25) is 4.90 Å². The van der Waals surface area contributed by atoms with E-state index in [0.29, 0.717) is 0 Å². The topological polar surface area (TPSA) is 29.3 Å². The molecule has 2 fully saturated rings. The Morgan fingerprint density at radius 2 is 2.06 bits per heavy atom. The van der Waals surface area contributed by atoms with E-state index in [1.165, 1.54) is 51.5 Å². The lowest BCUT2D eigenvalue weighted by molar-refractivity contribution is 0.144. The van der Waals surface area contributed by atoms with Gasteiger partial charge < -0.3 is 5.73 Å². The molecule has 16 heavy (non-hydrogen) atoms. The highest BCUT2D eigenvalue weighted by Gasteiger charge is 2.37. The SMILES string of the molecule is CCCN(CC1(N)CCCC(C)C1)C1CC1. The Morgan fingerprint density at radius 1 is 1.31 bits per heavy atom. The van der Waals surface area contributed by atoms with Crippen LogP contribution in [0.4, 0.5) is 0 Å². The maximum Gasteiger partial charge on any atom is 0.0286 e. The Labute approximate surface area is 101 Å². The van der Waals surface area contributed by atoms with Gasteiger partial charge in [0.15, 0.2) is 0 Å². The summed E-state index contributed by atoms with van der Waals surface area (Å²) in [6.07, 6.45) is 9.28. The van der Waals surface area contributed by atoms with Crippen LogP contribution in [0, 0.1) is 5.92 Å². The smallest absolute Gasteiger partial charge is 0.0286 e. The summed E-state index contributed by atoms with van der Waals surface area (Å²) >= 11 is 0. The fraction of sp³-hybridized carbons (Fsp3) is 1.00. The molecule has 2 rings (SSSR count). The van der Waals surface area contributed by atoms with E-state index in [0.717, 1.165) is 18.5 Å². The zero-order valence-electron chi connectivity index (χ0n) is 11.0. The van der Waals surface area contributed by atoms with Crippen LogP contribution >= 0.6 is 0 Å². The molecule has 0 aromatic carbocycles. The first-order valence-corrected chi connectivity index (χ1v) is 7.16. The van der Waals surface area contributed by atoms with Crippen LogP contribution in [0.2, 0.25) is 0 Å². The molecule has 2 unspecified atom stereocenters. The monoisotopic (exact) mass is 224 g/mol. The molecule has 0 aromatic rings. The van der Waals surface area contributed by atoms with Crippen molar-refractivity contribution in [2.24, 2.45) is 11.7 Å². The van der Waals surface area contributed by atoms with Crippen molar-refractivity contribution in [2.45, 2.75) is 70.4 Å². The second-order valence-electron chi connectivity index (χ2n) is 6.27. The van der Waals surface area contributed by atoms with Crippen LogP contribution < -0.4 is 5.73 Å². The molecule has 0 aliphatic heterocycles. The molecule has 0 amide bonds. The maximum atomic E-state index is 6.60. The Hall–Kier alpha value is -0.0800. The predicted octanol–water partition coefficient (Wildman–Crippen LogP) is 2.77. The molecule has 2 aliphatic carbocycles. The van der Waals surface area contributed by atoms with Crippen molar-refractivity contribution in [2.75, 3.05) is 13.1 Å². The Bertz CT molecular complexity index is 225. The van der Waals surface area contributed by atoms with Crippen LogP contribution in [-0.2, 0) is 0 Å². The summed E-state index contributed by atoms with van der Waals surface area (Å²) in [7, 11) is 0. The van der Waals surface area contributed by atoms with Gasteiger partial charge in [0.25, 0.3) is 0 Å². The molecule has 0 radical (unpaired) electrons. The third-order valence-corrected chi connectivity index (χ3v) is 4.22. The van der Waals surface area contributed by atoms with Crippen molar-refractivity contribution >= 4 is 0 Å². The lowest BCUT2D eigenvalue weighted by atomic mass is 9.76. The fourth-order valence-corrected chi connectivity index (χ4v) is 3.37. The summed E-state index contributed by atoms with van der Waals surface area (Å²) in [4.78, 5) is 2.66. The summed E-state index contributed by atoms with van der Waals surface area (Å²) in [5.74, 6) is 0.835. The minimum Gasteiger partial charge on any atom is -0.324 e. The van der Waals surface area contributed by atoms with Crippen LogP contribution in [-0.4, -0.2) is 29.6 Å². The Morgan fingerprint density at radius 3 is 2.62 bits per heavy atom. The molecular weight excluding hydrogens is 196 g/mol. The number of hydrogen-bond acceptors (Lipinski definition) is 2. The number of rotatable bonds is 5. The van der Waals surface area contributed by atoms with Gasteiger partial charge in [-0.25, -0.2) is 0 Å². The van der Waals surface area contributed by atoms with Crippen LogP contribution in [0.3, 0.4) is 0 Å². The van der Waals surface area contributed by atoms with Gasteiger partial charge in [-0.1, -0.05) is 26.7 Å². The quantitative estimate of drug-likeness (QED) is 0.778. The van der Waals surface area contributed by atoms with Gasteiger partial charge in [-0.2, -0.15) is 0 Å². The summed E-state index contributed by atoms with van der Waals surface area (Å²) in [6.45, 7) is 7.04. The second kappa shape index (κ2) is 5.05. The summed E-state index contributed by atoms with van der Waals surface area (Å²) in [5.41, 5.74) is 6.73. The standard InChI is InChI=1S/C14H28N2/c1-3-9-16(13-6-7-13)11-14(15)8-4-5-12(2)10-14/h12-13H,3-11,15H2,1-2H3. The van der Waals surface area contributed by atoms with Crippen molar-refractivity contribution in [1.29, 1.82) is 0 Å². The first-order valence-electron chi connectivity index (χ1n) is 7.16. The predicted molar refractivity (Wildman–Crippen MR) is 69.4 cm³/mol. The van der Waals surface area contributed by atoms with Crippen molar-refractivity contribution < 1.29 is 0 Å². The maximum absolute atomic E-state index is 6.60. The number of nitrogens with zero attached hydrogens (tertiary/aromatic N) is 1. The molecule has 2 heteroatoms. The Kier molecular flexibility index (Phi) is 3.91. The van der Waals surface area contributed by atoms with E-state index >= 15 is 0 Å². The van der Waals surface area contributed by atoms with E-state index in [-0.39, 0.29) is 5.54 Å².